The molecule has 2 aliphatic heterocycles. The number of furan rings is 1. The summed E-state index contributed by atoms with van der Waals surface area (Å²) in [6.07, 6.45) is 3.35. The molecular weight excluding hydrogens is 632 g/mol. The number of hydrogen-bond donors (Lipinski definition) is 0. The van der Waals surface area contributed by atoms with E-state index in [1.54, 1.807) is 54.0 Å². The molecule has 0 N–H and O–H groups in total. The van der Waals surface area contributed by atoms with Crippen LogP contribution in [0.5, 0.6) is 11.5 Å². The molecule has 220 valence electrons. The van der Waals surface area contributed by atoms with Gasteiger partial charge in [-0.05, 0) is 66.6 Å². The fourth-order valence-corrected chi connectivity index (χ4v) is 6.60. The molecule has 3 aromatic carbocycles. The molecule has 0 amide bonds. The van der Waals surface area contributed by atoms with Gasteiger partial charge in [-0.25, -0.2) is 9.38 Å². The summed E-state index contributed by atoms with van der Waals surface area (Å²) < 4.78 is 33.4. The average molecular weight is 650 g/mol. The van der Waals surface area contributed by atoms with Crippen LogP contribution < -0.4 is 24.4 Å². The van der Waals surface area contributed by atoms with Crippen molar-refractivity contribution in [2.24, 2.45) is 4.99 Å². The van der Waals surface area contributed by atoms with Gasteiger partial charge in [-0.15, -0.1) is 0 Å². The molecule has 0 saturated carbocycles. The predicted molar refractivity (Wildman–Crippen MR) is 164 cm³/mol. The Balaban J connectivity index is 1.35. The van der Waals surface area contributed by atoms with Gasteiger partial charge in [-0.1, -0.05) is 40.6 Å². The monoisotopic (exact) mass is 649 g/mol. The summed E-state index contributed by atoms with van der Waals surface area (Å²) in [6.45, 7) is 1.85. The van der Waals surface area contributed by atoms with Gasteiger partial charge in [0, 0.05) is 29.3 Å². The first-order chi connectivity index (χ1) is 21.2. The highest BCUT2D eigenvalue weighted by atomic mass is 35.5. The first kappa shape index (κ1) is 28.1. The lowest BCUT2D eigenvalue weighted by Crippen LogP contribution is -2.36. The molecule has 2 aliphatic rings. The van der Waals surface area contributed by atoms with Gasteiger partial charge in [0.2, 0.25) is 6.79 Å². The summed E-state index contributed by atoms with van der Waals surface area (Å²) in [4.78, 5) is 29.6. The molecule has 1 unspecified atom stereocenters. The van der Waals surface area contributed by atoms with Gasteiger partial charge in [-0.2, -0.15) is 0 Å². The molecule has 9 nitrogen and oxygen atoms in total. The van der Waals surface area contributed by atoms with Crippen molar-refractivity contribution in [3.63, 3.8) is 0 Å². The van der Waals surface area contributed by atoms with Crippen molar-refractivity contribution in [1.29, 1.82) is 0 Å². The predicted octanol–water partition coefficient (Wildman–Crippen LogP) is 6.65. The summed E-state index contributed by atoms with van der Waals surface area (Å²) >= 11 is 13.5. The second-order valence-corrected chi connectivity index (χ2v) is 11.8. The third kappa shape index (κ3) is 4.88. The topological polar surface area (TPSA) is 109 Å². The van der Waals surface area contributed by atoms with Gasteiger partial charge in [0.1, 0.15) is 17.3 Å². The molecule has 44 heavy (non-hydrogen) atoms. The first-order valence-electron chi connectivity index (χ1n) is 13.1. The molecule has 5 aromatic rings. The van der Waals surface area contributed by atoms with E-state index in [-0.39, 0.29) is 28.1 Å². The summed E-state index contributed by atoms with van der Waals surface area (Å²) in [5.41, 5.74) is 2.45. The van der Waals surface area contributed by atoms with Crippen molar-refractivity contribution < 1.29 is 23.2 Å². The Morgan fingerprint density at radius 3 is 2.66 bits per heavy atom. The number of aromatic nitrogens is 1. The van der Waals surface area contributed by atoms with Crippen LogP contribution >= 0.6 is 34.5 Å². The van der Waals surface area contributed by atoms with E-state index in [4.69, 9.17) is 42.1 Å². The Kier molecular flexibility index (Phi) is 6.88. The maximum Gasteiger partial charge on any atom is 0.271 e. The molecular formula is C31H18Cl2FN3O6S. The fraction of sp³-hybridized carbons (Fsp3) is 0.0968. The number of non-ortho nitro benzene ring substituents is 1. The zero-order valence-electron chi connectivity index (χ0n) is 22.5. The maximum absolute atomic E-state index is 14.5. The highest BCUT2D eigenvalue weighted by Gasteiger charge is 2.26. The van der Waals surface area contributed by atoms with Crippen LogP contribution in [0, 0.1) is 22.9 Å². The number of rotatable bonds is 5. The van der Waals surface area contributed by atoms with Crippen molar-refractivity contribution in [2.75, 3.05) is 6.79 Å². The lowest BCUT2D eigenvalue weighted by atomic mass is 10.0. The highest BCUT2D eigenvalue weighted by Crippen LogP contribution is 2.38. The summed E-state index contributed by atoms with van der Waals surface area (Å²) in [5, 5.41) is 11.2. The Morgan fingerprint density at radius 2 is 1.86 bits per heavy atom. The van der Waals surface area contributed by atoms with Crippen LogP contribution in [0.4, 0.5) is 10.1 Å². The number of nitro benzene ring substituents is 1. The molecule has 0 aliphatic carbocycles. The van der Waals surface area contributed by atoms with Crippen LogP contribution in [0.15, 0.2) is 80.9 Å². The second kappa shape index (κ2) is 10.8. The van der Waals surface area contributed by atoms with E-state index in [2.05, 4.69) is 0 Å². The smallest absolute Gasteiger partial charge is 0.271 e. The minimum atomic E-state index is -0.651. The van der Waals surface area contributed by atoms with Crippen LogP contribution in [0.1, 0.15) is 28.5 Å². The van der Waals surface area contributed by atoms with Crippen LogP contribution in [-0.2, 0) is 0 Å². The molecule has 1 atom stereocenters. The van der Waals surface area contributed by atoms with Crippen molar-refractivity contribution in [1.82, 2.24) is 4.57 Å². The van der Waals surface area contributed by atoms with Gasteiger partial charge in [0.25, 0.3) is 11.2 Å². The molecule has 0 saturated heterocycles. The number of aryl methyl sites for hydroxylation is 1. The van der Waals surface area contributed by atoms with E-state index in [0.29, 0.717) is 60.3 Å². The van der Waals surface area contributed by atoms with E-state index in [9.17, 15) is 19.3 Å². The summed E-state index contributed by atoms with van der Waals surface area (Å²) in [7, 11) is 0. The Hall–Kier alpha value is -4.71. The maximum atomic E-state index is 14.5. The van der Waals surface area contributed by atoms with Gasteiger partial charge in [0.05, 0.1) is 31.2 Å². The summed E-state index contributed by atoms with van der Waals surface area (Å²) in [6, 6.07) is 15.2. The van der Waals surface area contributed by atoms with Crippen LogP contribution in [0.25, 0.3) is 23.1 Å². The van der Waals surface area contributed by atoms with Crippen molar-refractivity contribution in [2.45, 2.75) is 13.0 Å². The minimum absolute atomic E-state index is 0.0156. The minimum Gasteiger partial charge on any atom is -0.457 e. The molecule has 13 heteroatoms. The Labute approximate surface area is 261 Å². The van der Waals surface area contributed by atoms with E-state index < -0.39 is 16.8 Å². The van der Waals surface area contributed by atoms with Gasteiger partial charge >= 0.3 is 0 Å². The molecule has 7 rings (SSSR count). The Bertz CT molecular complexity index is 2240. The van der Waals surface area contributed by atoms with E-state index in [1.165, 1.54) is 24.3 Å². The second-order valence-electron chi connectivity index (χ2n) is 9.99. The third-order valence-electron chi connectivity index (χ3n) is 7.26. The number of allylic oxidation sites excluding steroid dienone is 1. The standard InChI is InChI=1S/C31H18Cl2FN3O6S/c1-15-8-17(37(39)40)3-5-19(15)26-7-4-18(43-26)10-29-30(38)36-25(16-2-6-27-28(9-16)42-14-41-27)13-24(35-31(36)44-29)20-11-23(34)22(33)12-21(20)32/h2-13,25H,14H2,1H3/b29-10-. The van der Waals surface area contributed by atoms with Crippen LogP contribution in [-0.4, -0.2) is 16.3 Å². The molecule has 0 spiro atoms. The summed E-state index contributed by atoms with van der Waals surface area (Å²) in [5.74, 6) is 1.38. The molecule has 2 aromatic heterocycles. The first-order valence-corrected chi connectivity index (χ1v) is 14.7. The molecule has 4 heterocycles. The number of halogens is 3. The number of nitrogens with zero attached hydrogens (tertiary/aromatic N) is 3. The number of fused-ring (bicyclic) bond motifs is 2. The Morgan fingerprint density at radius 1 is 1.05 bits per heavy atom. The van der Waals surface area contributed by atoms with Gasteiger partial charge in [-0.3, -0.25) is 19.5 Å². The molecule has 0 fully saturated rings. The zero-order chi connectivity index (χ0) is 30.7. The third-order valence-corrected chi connectivity index (χ3v) is 8.84. The van der Waals surface area contributed by atoms with Crippen molar-refractivity contribution in [3.8, 4) is 22.8 Å². The average Bonchev–Trinajstić information content (AvgIpc) is 3.73. The molecule has 0 radical (unpaired) electrons. The van der Waals surface area contributed by atoms with Crippen LogP contribution in [0.3, 0.4) is 0 Å². The quantitative estimate of drug-likeness (QED) is 0.120. The lowest BCUT2D eigenvalue weighted by molar-refractivity contribution is -0.384. The fourth-order valence-electron chi connectivity index (χ4n) is 5.13. The normalized spacial score (nSPS) is 15.6. The van der Waals surface area contributed by atoms with E-state index >= 15 is 0 Å². The number of hydrogen-bond acceptors (Lipinski definition) is 8. The zero-order valence-corrected chi connectivity index (χ0v) is 24.9. The van der Waals surface area contributed by atoms with E-state index in [1.807, 2.05) is 6.07 Å². The van der Waals surface area contributed by atoms with Gasteiger partial charge < -0.3 is 13.9 Å². The largest absolute Gasteiger partial charge is 0.457 e. The SMILES string of the molecule is Cc1cc([N+](=O)[O-])ccc1-c1ccc(/C=c2\sc3n(c2=O)C(c2ccc4c(c2)OCO4)C=C(c2cc(F)c(Cl)cc2Cl)N=3)o1. The number of nitro groups is 1. The van der Waals surface area contributed by atoms with Crippen molar-refractivity contribution in [3.05, 3.63) is 135 Å². The van der Waals surface area contributed by atoms with Gasteiger partial charge in [0.15, 0.2) is 16.3 Å². The van der Waals surface area contributed by atoms with E-state index in [0.717, 1.165) is 11.3 Å². The van der Waals surface area contributed by atoms with Crippen LogP contribution in [0.2, 0.25) is 10.0 Å². The number of thiazole rings is 1. The number of ether oxygens (including phenoxy) is 2. The van der Waals surface area contributed by atoms with Crippen molar-refractivity contribution >= 4 is 52.0 Å². The highest BCUT2D eigenvalue weighted by molar-refractivity contribution is 7.07. The lowest BCUT2D eigenvalue weighted by Gasteiger charge is -2.20. The number of benzene rings is 3. The molecule has 0 bridgehead atoms.